The van der Waals surface area contributed by atoms with Crippen molar-refractivity contribution in [2.45, 2.75) is 0 Å². The van der Waals surface area contributed by atoms with Gasteiger partial charge in [-0.2, -0.15) is 0 Å². The molecule has 3 rings (SSSR count). The maximum absolute atomic E-state index is 11.9. The molecule has 84 valence electrons. The van der Waals surface area contributed by atoms with Crippen LogP contribution in [0.4, 0.5) is 0 Å². The summed E-state index contributed by atoms with van der Waals surface area (Å²) < 4.78 is 0. The number of nitrogens with zero attached hydrogens (tertiary/aromatic N) is 2. The van der Waals surface area contributed by atoms with Crippen molar-refractivity contribution in [2.24, 2.45) is 0 Å². The molecule has 0 spiro atoms. The van der Waals surface area contributed by atoms with Crippen molar-refractivity contribution >= 4 is 28.4 Å². The van der Waals surface area contributed by atoms with Crippen molar-refractivity contribution < 1.29 is 9.59 Å². The summed E-state index contributed by atoms with van der Waals surface area (Å²) in [5.41, 5.74) is 1.84. The Balaban J connectivity index is 2.21. The van der Waals surface area contributed by atoms with Crippen LogP contribution in [-0.4, -0.2) is 33.7 Å². The highest BCUT2D eigenvalue weighted by molar-refractivity contribution is 6.34. The fourth-order valence-corrected chi connectivity index (χ4v) is 1.93. The van der Waals surface area contributed by atoms with Crippen LogP contribution in [0.5, 0.6) is 0 Å². The molecular formula is C12H9N3O2. The van der Waals surface area contributed by atoms with E-state index in [1.807, 2.05) is 6.07 Å². The number of carbonyl (C=O) groups excluding carboxylic acids is 2. The van der Waals surface area contributed by atoms with E-state index in [0.717, 1.165) is 15.8 Å². The molecule has 1 aliphatic heterocycles. The predicted molar refractivity (Wildman–Crippen MR) is 61.8 cm³/mol. The quantitative estimate of drug-likeness (QED) is 0.737. The first-order chi connectivity index (χ1) is 8.18. The second-order valence-corrected chi connectivity index (χ2v) is 3.86. The number of imide groups is 1. The van der Waals surface area contributed by atoms with Crippen LogP contribution in [0.25, 0.3) is 16.6 Å². The maximum atomic E-state index is 11.9. The first kappa shape index (κ1) is 9.77. The minimum atomic E-state index is -0.289. The van der Waals surface area contributed by atoms with Crippen LogP contribution >= 0.6 is 0 Å². The van der Waals surface area contributed by atoms with E-state index in [1.54, 1.807) is 18.5 Å². The molecular weight excluding hydrogens is 218 g/mol. The fraction of sp³-hybridized carbons (Fsp3) is 0.0833. The van der Waals surface area contributed by atoms with Gasteiger partial charge in [0.05, 0.1) is 5.57 Å². The van der Waals surface area contributed by atoms with Gasteiger partial charge in [0.15, 0.2) is 0 Å². The Bertz CT molecular complexity index is 669. The van der Waals surface area contributed by atoms with Crippen molar-refractivity contribution in [3.63, 3.8) is 0 Å². The molecule has 5 nitrogen and oxygen atoms in total. The van der Waals surface area contributed by atoms with Crippen molar-refractivity contribution in [1.29, 1.82) is 0 Å². The number of hydrogen-bond acceptors (Lipinski definition) is 3. The lowest BCUT2D eigenvalue weighted by molar-refractivity contribution is -0.134. The normalized spacial score (nSPS) is 15.8. The molecule has 3 heterocycles. The van der Waals surface area contributed by atoms with Crippen LogP contribution in [-0.2, 0) is 9.59 Å². The molecule has 2 amide bonds. The van der Waals surface area contributed by atoms with Gasteiger partial charge in [-0.1, -0.05) is 0 Å². The molecule has 17 heavy (non-hydrogen) atoms. The van der Waals surface area contributed by atoms with Gasteiger partial charge in [-0.3, -0.25) is 14.5 Å². The minimum absolute atomic E-state index is 0.278. The van der Waals surface area contributed by atoms with Crippen LogP contribution in [0.3, 0.4) is 0 Å². The molecule has 1 N–H and O–H groups in total. The molecule has 1 aliphatic rings. The molecule has 0 saturated carbocycles. The van der Waals surface area contributed by atoms with Gasteiger partial charge in [0.2, 0.25) is 0 Å². The number of pyridine rings is 1. The highest BCUT2D eigenvalue weighted by atomic mass is 16.2. The number of rotatable bonds is 1. The van der Waals surface area contributed by atoms with Gasteiger partial charge in [-0.15, -0.1) is 0 Å². The van der Waals surface area contributed by atoms with Crippen molar-refractivity contribution in [3.8, 4) is 0 Å². The number of likely N-dealkylation sites (N-methyl/N-ethyl adjacent to an activating group) is 1. The third-order valence-corrected chi connectivity index (χ3v) is 2.87. The second kappa shape index (κ2) is 3.28. The van der Waals surface area contributed by atoms with E-state index >= 15 is 0 Å². The van der Waals surface area contributed by atoms with E-state index in [1.165, 1.54) is 13.1 Å². The van der Waals surface area contributed by atoms with Crippen LogP contribution in [0.15, 0.2) is 30.6 Å². The monoisotopic (exact) mass is 227 g/mol. The summed E-state index contributed by atoms with van der Waals surface area (Å²) in [5, 5.41) is 0.843. The third-order valence-electron chi connectivity index (χ3n) is 2.87. The topological polar surface area (TPSA) is 66.1 Å². The first-order valence-corrected chi connectivity index (χ1v) is 5.14. The summed E-state index contributed by atoms with van der Waals surface area (Å²) in [7, 11) is 1.47. The molecule has 0 radical (unpaired) electrons. The number of fused-ring (bicyclic) bond motifs is 1. The number of carbonyl (C=O) groups is 2. The standard InChI is InChI=1S/C12H9N3O2/c1-15-10(16)5-8(12(15)17)9-6-14-11-7(9)3-2-4-13-11/h2-6H,1H3,(H,13,14). The van der Waals surface area contributed by atoms with E-state index in [-0.39, 0.29) is 11.8 Å². The van der Waals surface area contributed by atoms with Gasteiger partial charge in [0.25, 0.3) is 11.8 Å². The molecule has 5 heteroatoms. The summed E-state index contributed by atoms with van der Waals surface area (Å²) in [6.07, 6.45) is 4.73. The molecule has 2 aromatic rings. The third kappa shape index (κ3) is 1.29. The van der Waals surface area contributed by atoms with Crippen molar-refractivity contribution in [2.75, 3.05) is 7.05 Å². The number of amides is 2. The summed E-state index contributed by atoms with van der Waals surface area (Å²) >= 11 is 0. The second-order valence-electron chi connectivity index (χ2n) is 3.86. The minimum Gasteiger partial charge on any atom is -0.346 e. The van der Waals surface area contributed by atoms with Crippen molar-refractivity contribution in [3.05, 3.63) is 36.2 Å². The molecule has 0 fully saturated rings. The predicted octanol–water partition coefficient (Wildman–Crippen LogP) is 0.945. The van der Waals surface area contributed by atoms with E-state index in [4.69, 9.17) is 0 Å². The molecule has 0 saturated heterocycles. The highest BCUT2D eigenvalue weighted by Crippen LogP contribution is 2.28. The molecule has 0 atom stereocenters. The summed E-state index contributed by atoms with van der Waals surface area (Å²) in [6.45, 7) is 0. The van der Waals surface area contributed by atoms with E-state index in [9.17, 15) is 9.59 Å². The molecule has 0 aromatic carbocycles. The average molecular weight is 227 g/mol. The first-order valence-electron chi connectivity index (χ1n) is 5.14. The molecule has 2 aromatic heterocycles. The SMILES string of the molecule is CN1C(=O)C=C(c2c[nH]c3ncccc23)C1=O. The zero-order chi connectivity index (χ0) is 12.0. The molecule has 0 aliphatic carbocycles. The van der Waals surface area contributed by atoms with Crippen LogP contribution in [0.2, 0.25) is 0 Å². The van der Waals surface area contributed by atoms with Crippen molar-refractivity contribution in [1.82, 2.24) is 14.9 Å². The Labute approximate surface area is 96.8 Å². The average Bonchev–Trinajstić information content (AvgIpc) is 2.86. The van der Waals surface area contributed by atoms with E-state index in [2.05, 4.69) is 9.97 Å². The number of hydrogen-bond donors (Lipinski definition) is 1. The van der Waals surface area contributed by atoms with Gasteiger partial charge in [-0.05, 0) is 12.1 Å². The Hall–Kier alpha value is -2.43. The number of aromatic amines is 1. The highest BCUT2D eigenvalue weighted by Gasteiger charge is 2.29. The smallest absolute Gasteiger partial charge is 0.261 e. The van der Waals surface area contributed by atoms with Gasteiger partial charge in [-0.25, -0.2) is 4.98 Å². The van der Waals surface area contributed by atoms with Crippen LogP contribution in [0, 0.1) is 0 Å². The summed E-state index contributed by atoms with van der Waals surface area (Å²) in [6, 6.07) is 3.66. The Morgan fingerprint density at radius 2 is 2.18 bits per heavy atom. The summed E-state index contributed by atoms with van der Waals surface area (Å²) in [4.78, 5) is 31.5. The van der Waals surface area contributed by atoms with E-state index in [0.29, 0.717) is 11.2 Å². The zero-order valence-corrected chi connectivity index (χ0v) is 9.10. The lowest BCUT2D eigenvalue weighted by Gasteiger charge is -2.05. The Kier molecular flexibility index (Phi) is 1.89. The largest absolute Gasteiger partial charge is 0.346 e. The fourth-order valence-electron chi connectivity index (χ4n) is 1.93. The number of H-pyrrole nitrogens is 1. The lowest BCUT2D eigenvalue weighted by atomic mass is 10.1. The molecule has 0 unspecified atom stereocenters. The lowest BCUT2D eigenvalue weighted by Crippen LogP contribution is -2.25. The van der Waals surface area contributed by atoms with Gasteiger partial charge < -0.3 is 4.98 Å². The number of nitrogens with one attached hydrogen (secondary N) is 1. The van der Waals surface area contributed by atoms with Gasteiger partial charge in [0, 0.05) is 36.5 Å². The zero-order valence-electron chi connectivity index (χ0n) is 9.10. The van der Waals surface area contributed by atoms with Gasteiger partial charge >= 0.3 is 0 Å². The number of aromatic nitrogens is 2. The van der Waals surface area contributed by atoms with Gasteiger partial charge in [0.1, 0.15) is 5.65 Å². The summed E-state index contributed by atoms with van der Waals surface area (Å²) in [5.74, 6) is -0.567. The van der Waals surface area contributed by atoms with Crippen LogP contribution in [0.1, 0.15) is 5.56 Å². The molecule has 0 bridgehead atoms. The maximum Gasteiger partial charge on any atom is 0.261 e. The van der Waals surface area contributed by atoms with Crippen LogP contribution < -0.4 is 0 Å². The Morgan fingerprint density at radius 1 is 1.35 bits per heavy atom. The van der Waals surface area contributed by atoms with E-state index < -0.39 is 0 Å². The Morgan fingerprint density at radius 3 is 2.88 bits per heavy atom.